The van der Waals surface area contributed by atoms with Gasteiger partial charge in [-0.1, -0.05) is 54.0 Å². The first-order valence-corrected chi connectivity index (χ1v) is 9.99. The van der Waals surface area contributed by atoms with E-state index in [4.69, 9.17) is 9.26 Å². The second kappa shape index (κ2) is 8.49. The van der Waals surface area contributed by atoms with Gasteiger partial charge in [0.25, 0.3) is 5.89 Å². The van der Waals surface area contributed by atoms with Crippen molar-refractivity contribution in [1.82, 2.24) is 10.1 Å². The maximum absolute atomic E-state index is 12.5. The number of carbonyl (C=O) groups is 2. The Kier molecular flexibility index (Phi) is 5.61. The number of hydrogen-bond donors (Lipinski definition) is 0. The summed E-state index contributed by atoms with van der Waals surface area (Å²) < 4.78 is 10.5. The lowest BCUT2D eigenvalue weighted by Gasteiger charge is -2.16. The molecular formula is C23H23N3O4. The molecule has 1 aliphatic heterocycles. The SMILES string of the molecule is CCc1ccc(-c2noc(COC(=O)[C@H]3CC(=O)N(c4ccc(C)cc4)C3)n2)cc1. The lowest BCUT2D eigenvalue weighted by Crippen LogP contribution is -2.26. The molecule has 0 spiro atoms. The number of ether oxygens (including phenoxy) is 1. The molecule has 1 atom stereocenters. The van der Waals surface area contributed by atoms with Crippen molar-refractivity contribution in [2.24, 2.45) is 5.92 Å². The van der Waals surface area contributed by atoms with Gasteiger partial charge in [-0.2, -0.15) is 4.98 Å². The second-order valence-electron chi connectivity index (χ2n) is 7.41. The van der Waals surface area contributed by atoms with E-state index in [1.165, 1.54) is 5.56 Å². The number of hydrogen-bond acceptors (Lipinski definition) is 6. The Morgan fingerprint density at radius 3 is 2.60 bits per heavy atom. The lowest BCUT2D eigenvalue weighted by molar-refractivity contribution is -0.150. The Hall–Kier alpha value is -3.48. The predicted molar refractivity (Wildman–Crippen MR) is 111 cm³/mol. The molecule has 1 amide bonds. The summed E-state index contributed by atoms with van der Waals surface area (Å²) in [6.07, 6.45) is 1.09. The van der Waals surface area contributed by atoms with Crippen LogP contribution in [0.25, 0.3) is 11.4 Å². The molecule has 7 nitrogen and oxygen atoms in total. The van der Waals surface area contributed by atoms with E-state index in [9.17, 15) is 9.59 Å². The van der Waals surface area contributed by atoms with E-state index in [-0.39, 0.29) is 24.8 Å². The van der Waals surface area contributed by atoms with Crippen molar-refractivity contribution in [3.8, 4) is 11.4 Å². The summed E-state index contributed by atoms with van der Waals surface area (Å²) in [4.78, 5) is 30.7. The van der Waals surface area contributed by atoms with Gasteiger partial charge in [0.15, 0.2) is 6.61 Å². The van der Waals surface area contributed by atoms with Crippen LogP contribution in [0.1, 0.15) is 30.4 Å². The topological polar surface area (TPSA) is 85.5 Å². The quantitative estimate of drug-likeness (QED) is 0.581. The van der Waals surface area contributed by atoms with Crippen molar-refractivity contribution in [1.29, 1.82) is 0 Å². The van der Waals surface area contributed by atoms with Gasteiger partial charge < -0.3 is 14.2 Å². The van der Waals surface area contributed by atoms with Crippen molar-refractivity contribution < 1.29 is 18.8 Å². The van der Waals surface area contributed by atoms with E-state index in [0.717, 1.165) is 23.2 Å². The van der Waals surface area contributed by atoms with Crippen molar-refractivity contribution >= 4 is 17.6 Å². The molecule has 0 saturated carbocycles. The third kappa shape index (κ3) is 4.25. The largest absolute Gasteiger partial charge is 0.455 e. The van der Waals surface area contributed by atoms with Crippen LogP contribution < -0.4 is 4.90 Å². The van der Waals surface area contributed by atoms with Crippen LogP contribution in [0.5, 0.6) is 0 Å². The highest BCUT2D eigenvalue weighted by Crippen LogP contribution is 2.26. The fraction of sp³-hybridized carbons (Fsp3) is 0.304. The van der Waals surface area contributed by atoms with Crippen LogP contribution >= 0.6 is 0 Å². The van der Waals surface area contributed by atoms with Gasteiger partial charge in [0.2, 0.25) is 11.7 Å². The highest BCUT2D eigenvalue weighted by molar-refractivity contribution is 5.99. The molecule has 3 aromatic rings. The van der Waals surface area contributed by atoms with Gasteiger partial charge >= 0.3 is 5.97 Å². The van der Waals surface area contributed by atoms with E-state index < -0.39 is 11.9 Å². The molecule has 0 unspecified atom stereocenters. The molecule has 1 saturated heterocycles. The van der Waals surface area contributed by atoms with Gasteiger partial charge in [0, 0.05) is 24.2 Å². The summed E-state index contributed by atoms with van der Waals surface area (Å²) in [5, 5.41) is 3.95. The lowest BCUT2D eigenvalue weighted by atomic mass is 10.1. The molecular weight excluding hydrogens is 382 g/mol. The summed E-state index contributed by atoms with van der Waals surface area (Å²) in [6, 6.07) is 15.5. The summed E-state index contributed by atoms with van der Waals surface area (Å²) in [5.41, 5.74) is 3.96. The highest BCUT2D eigenvalue weighted by atomic mass is 16.6. The van der Waals surface area contributed by atoms with Crippen LogP contribution in [0.4, 0.5) is 5.69 Å². The maximum atomic E-state index is 12.5. The molecule has 1 aromatic heterocycles. The van der Waals surface area contributed by atoms with Gasteiger partial charge in [0.1, 0.15) is 0 Å². The molecule has 154 valence electrons. The first kappa shape index (κ1) is 19.8. The third-order valence-corrected chi connectivity index (χ3v) is 5.23. The number of amides is 1. The summed E-state index contributed by atoms with van der Waals surface area (Å²) in [6.45, 7) is 4.26. The molecule has 7 heteroatoms. The van der Waals surface area contributed by atoms with E-state index in [0.29, 0.717) is 12.4 Å². The van der Waals surface area contributed by atoms with Crippen molar-refractivity contribution in [2.45, 2.75) is 33.3 Å². The van der Waals surface area contributed by atoms with Crippen molar-refractivity contribution in [3.63, 3.8) is 0 Å². The van der Waals surface area contributed by atoms with Crippen molar-refractivity contribution in [3.05, 3.63) is 65.5 Å². The third-order valence-electron chi connectivity index (χ3n) is 5.23. The number of rotatable bonds is 6. The second-order valence-corrected chi connectivity index (χ2v) is 7.41. The normalized spacial score (nSPS) is 16.1. The van der Waals surface area contributed by atoms with Crippen LogP contribution in [0.2, 0.25) is 0 Å². The molecule has 2 aromatic carbocycles. The zero-order valence-electron chi connectivity index (χ0n) is 17.0. The number of aryl methyl sites for hydroxylation is 2. The Balaban J connectivity index is 1.34. The average Bonchev–Trinajstić information content (AvgIpc) is 3.40. The molecule has 30 heavy (non-hydrogen) atoms. The van der Waals surface area contributed by atoms with Gasteiger partial charge in [-0.05, 0) is 31.0 Å². The van der Waals surface area contributed by atoms with Crippen LogP contribution in [-0.4, -0.2) is 28.6 Å². The minimum absolute atomic E-state index is 0.0867. The zero-order valence-corrected chi connectivity index (χ0v) is 17.0. The summed E-state index contributed by atoms with van der Waals surface area (Å²) >= 11 is 0. The predicted octanol–water partition coefficient (Wildman–Crippen LogP) is 3.70. The maximum Gasteiger partial charge on any atom is 0.311 e. The van der Waals surface area contributed by atoms with E-state index in [2.05, 4.69) is 17.1 Å². The van der Waals surface area contributed by atoms with Gasteiger partial charge in [0.05, 0.1) is 5.92 Å². The van der Waals surface area contributed by atoms with Gasteiger partial charge in [-0.3, -0.25) is 9.59 Å². The van der Waals surface area contributed by atoms with Crippen molar-refractivity contribution in [2.75, 3.05) is 11.4 Å². The van der Waals surface area contributed by atoms with Crippen LogP contribution in [-0.2, 0) is 27.4 Å². The van der Waals surface area contributed by atoms with E-state index in [1.807, 2.05) is 55.5 Å². The highest BCUT2D eigenvalue weighted by Gasteiger charge is 2.36. The molecule has 1 fully saturated rings. The molecule has 4 rings (SSSR count). The Morgan fingerprint density at radius 2 is 1.90 bits per heavy atom. The summed E-state index contributed by atoms with van der Waals surface area (Å²) in [5.74, 6) is -0.368. The van der Waals surface area contributed by atoms with Crippen LogP contribution in [0.3, 0.4) is 0 Å². The van der Waals surface area contributed by atoms with Gasteiger partial charge in [-0.15, -0.1) is 0 Å². The smallest absolute Gasteiger partial charge is 0.311 e. The van der Waals surface area contributed by atoms with Crippen LogP contribution in [0, 0.1) is 12.8 Å². The fourth-order valence-corrected chi connectivity index (χ4v) is 3.41. The molecule has 0 radical (unpaired) electrons. The van der Waals surface area contributed by atoms with Crippen LogP contribution in [0.15, 0.2) is 53.1 Å². The van der Waals surface area contributed by atoms with Gasteiger partial charge in [-0.25, -0.2) is 0 Å². The molecule has 0 aliphatic carbocycles. The number of nitrogens with zero attached hydrogens (tertiary/aromatic N) is 3. The first-order chi connectivity index (χ1) is 14.5. The zero-order chi connectivity index (χ0) is 21.1. The number of aromatic nitrogens is 2. The Morgan fingerprint density at radius 1 is 1.17 bits per heavy atom. The standard InChI is InChI=1S/C23H23N3O4/c1-3-16-6-8-17(9-7-16)22-24-20(30-25-22)14-29-23(28)18-12-21(27)26(13-18)19-10-4-15(2)5-11-19/h4-11,18H,3,12-14H2,1-2H3/t18-/m0/s1. The number of anilines is 1. The first-order valence-electron chi connectivity index (χ1n) is 9.99. The Labute approximate surface area is 174 Å². The summed E-state index contributed by atoms with van der Waals surface area (Å²) in [7, 11) is 0. The minimum Gasteiger partial charge on any atom is -0.455 e. The average molecular weight is 405 g/mol. The number of carbonyl (C=O) groups excluding carboxylic acids is 2. The van der Waals surface area contributed by atoms with E-state index in [1.54, 1.807) is 4.90 Å². The number of esters is 1. The fourth-order valence-electron chi connectivity index (χ4n) is 3.41. The molecule has 0 bridgehead atoms. The molecule has 1 aliphatic rings. The number of benzene rings is 2. The molecule has 2 heterocycles. The Bertz CT molecular complexity index is 1040. The monoisotopic (exact) mass is 405 g/mol. The minimum atomic E-state index is -0.511. The molecule has 0 N–H and O–H groups in total. The van der Waals surface area contributed by atoms with E-state index >= 15 is 0 Å².